The highest BCUT2D eigenvalue weighted by atomic mass is 19.1. The lowest BCUT2D eigenvalue weighted by molar-refractivity contribution is 0.0875. The zero-order chi connectivity index (χ0) is 19.4. The highest BCUT2D eigenvalue weighted by molar-refractivity contribution is 6.15. The standard InChI is InChI=1S/C22H15F2N3O/c1-26-19-11-13-5-4-10-25-21(13)27(12-15-16(23)7-3-8-17(15)24)18-9-2-6-14(20(18)19)22(26)28/h2-11H,12H2,1H3. The van der Waals surface area contributed by atoms with E-state index in [4.69, 9.17) is 0 Å². The number of aromatic nitrogens is 1. The van der Waals surface area contributed by atoms with Gasteiger partial charge in [-0.2, -0.15) is 0 Å². The number of carbonyl (C=O) groups is 1. The van der Waals surface area contributed by atoms with Crippen LogP contribution in [0, 0.1) is 11.6 Å². The number of fused-ring (bicyclic) bond motifs is 1. The molecular formula is C22H15F2N3O. The summed E-state index contributed by atoms with van der Waals surface area (Å²) in [4.78, 5) is 20.5. The molecule has 138 valence electrons. The monoisotopic (exact) mass is 375 g/mol. The summed E-state index contributed by atoms with van der Waals surface area (Å²) < 4.78 is 28.8. The van der Waals surface area contributed by atoms with Crippen LogP contribution in [0.25, 0.3) is 11.8 Å². The van der Waals surface area contributed by atoms with E-state index in [1.807, 2.05) is 18.2 Å². The van der Waals surface area contributed by atoms with Crippen molar-refractivity contribution < 1.29 is 13.6 Å². The van der Waals surface area contributed by atoms with Crippen LogP contribution in [0.4, 0.5) is 20.3 Å². The van der Waals surface area contributed by atoms with Gasteiger partial charge in [-0.15, -0.1) is 0 Å². The number of rotatable bonds is 2. The zero-order valence-corrected chi connectivity index (χ0v) is 15.0. The molecule has 6 heteroatoms. The van der Waals surface area contributed by atoms with Gasteiger partial charge in [0.05, 0.1) is 23.5 Å². The molecule has 0 spiro atoms. The van der Waals surface area contributed by atoms with Crippen molar-refractivity contribution >= 4 is 29.2 Å². The van der Waals surface area contributed by atoms with Crippen LogP contribution in [-0.4, -0.2) is 22.8 Å². The average Bonchev–Trinajstić information content (AvgIpc) is 2.86. The van der Waals surface area contributed by atoms with Crippen LogP contribution in [0.3, 0.4) is 0 Å². The highest BCUT2D eigenvalue weighted by Gasteiger charge is 2.36. The van der Waals surface area contributed by atoms with E-state index in [0.29, 0.717) is 17.1 Å². The number of benzene rings is 2. The first kappa shape index (κ1) is 16.6. The van der Waals surface area contributed by atoms with Gasteiger partial charge in [-0.3, -0.25) is 4.79 Å². The second-order valence-electron chi connectivity index (χ2n) is 6.80. The number of hydrogen-bond acceptors (Lipinski definition) is 3. The molecular weight excluding hydrogens is 360 g/mol. The minimum Gasteiger partial charge on any atom is -0.321 e. The molecule has 0 radical (unpaired) electrons. The summed E-state index contributed by atoms with van der Waals surface area (Å²) in [5, 5.41) is 0. The van der Waals surface area contributed by atoms with Crippen molar-refractivity contribution in [1.82, 2.24) is 9.88 Å². The fourth-order valence-electron chi connectivity index (χ4n) is 3.85. The number of pyridine rings is 1. The summed E-state index contributed by atoms with van der Waals surface area (Å²) in [6, 6.07) is 12.9. The van der Waals surface area contributed by atoms with Crippen LogP contribution >= 0.6 is 0 Å². The van der Waals surface area contributed by atoms with E-state index in [0.717, 1.165) is 16.8 Å². The van der Waals surface area contributed by atoms with Crippen LogP contribution in [0.2, 0.25) is 0 Å². The van der Waals surface area contributed by atoms with Crippen molar-refractivity contribution in [2.45, 2.75) is 6.54 Å². The first-order chi connectivity index (χ1) is 13.6. The molecule has 1 aromatic heterocycles. The molecule has 1 amide bonds. The maximum atomic E-state index is 14.4. The fourth-order valence-corrected chi connectivity index (χ4v) is 3.85. The third kappa shape index (κ3) is 2.27. The van der Waals surface area contributed by atoms with E-state index in [1.54, 1.807) is 41.2 Å². The Morgan fingerprint density at radius 1 is 1.00 bits per heavy atom. The summed E-state index contributed by atoms with van der Waals surface area (Å²) >= 11 is 0. The Kier molecular flexibility index (Phi) is 3.55. The molecule has 0 bridgehead atoms. The first-order valence-corrected chi connectivity index (χ1v) is 8.85. The summed E-state index contributed by atoms with van der Waals surface area (Å²) in [7, 11) is 1.72. The molecule has 0 fully saturated rings. The summed E-state index contributed by atoms with van der Waals surface area (Å²) in [6.07, 6.45) is 3.54. The number of amides is 1. The van der Waals surface area contributed by atoms with Gasteiger partial charge in [0.1, 0.15) is 17.5 Å². The predicted octanol–water partition coefficient (Wildman–Crippen LogP) is 4.60. The van der Waals surface area contributed by atoms with Crippen molar-refractivity contribution in [3.8, 4) is 0 Å². The fraction of sp³-hybridized carbons (Fsp3) is 0.0909. The van der Waals surface area contributed by atoms with E-state index in [2.05, 4.69) is 4.98 Å². The topological polar surface area (TPSA) is 36.4 Å². The molecule has 3 heterocycles. The summed E-state index contributed by atoms with van der Waals surface area (Å²) in [6.45, 7) is -0.0437. The number of anilines is 2. The molecule has 0 unspecified atom stereocenters. The third-order valence-electron chi connectivity index (χ3n) is 5.23. The number of halogens is 2. The molecule has 4 nitrogen and oxygen atoms in total. The SMILES string of the molecule is CN1C(=O)c2cccc3c2C1=Cc1cccnc1N3Cc1c(F)cccc1F. The zero-order valence-electron chi connectivity index (χ0n) is 15.0. The number of nitrogens with zero attached hydrogens (tertiary/aromatic N) is 3. The molecule has 5 rings (SSSR count). The summed E-state index contributed by atoms with van der Waals surface area (Å²) in [5.41, 5.74) is 3.50. The summed E-state index contributed by atoms with van der Waals surface area (Å²) in [5.74, 6) is -0.750. The average molecular weight is 375 g/mol. The molecule has 3 aromatic rings. The van der Waals surface area contributed by atoms with Gasteiger partial charge in [0, 0.05) is 29.9 Å². The van der Waals surface area contributed by atoms with Crippen molar-refractivity contribution in [3.63, 3.8) is 0 Å². The Morgan fingerprint density at radius 3 is 2.54 bits per heavy atom. The third-order valence-corrected chi connectivity index (χ3v) is 5.23. The van der Waals surface area contributed by atoms with E-state index in [-0.39, 0.29) is 18.0 Å². The van der Waals surface area contributed by atoms with Crippen LogP contribution in [-0.2, 0) is 6.54 Å². The lowest BCUT2D eigenvalue weighted by Crippen LogP contribution is -2.21. The van der Waals surface area contributed by atoms with Crippen molar-refractivity contribution in [3.05, 3.63) is 88.6 Å². The van der Waals surface area contributed by atoms with Crippen molar-refractivity contribution in [2.24, 2.45) is 0 Å². The maximum Gasteiger partial charge on any atom is 0.258 e. The second-order valence-corrected chi connectivity index (χ2v) is 6.80. The molecule has 0 atom stereocenters. The molecule has 0 saturated heterocycles. The van der Waals surface area contributed by atoms with Crippen LogP contribution in [0.1, 0.15) is 27.0 Å². The molecule has 0 aliphatic carbocycles. The Hall–Kier alpha value is -3.54. The number of hydrogen-bond donors (Lipinski definition) is 0. The Labute approximate surface area is 160 Å². The van der Waals surface area contributed by atoms with E-state index < -0.39 is 11.6 Å². The second kappa shape index (κ2) is 5.99. The molecule has 2 aliphatic rings. The van der Waals surface area contributed by atoms with Crippen molar-refractivity contribution in [1.29, 1.82) is 0 Å². The highest BCUT2D eigenvalue weighted by Crippen LogP contribution is 2.45. The first-order valence-electron chi connectivity index (χ1n) is 8.85. The normalized spacial score (nSPS) is 14.5. The molecule has 0 N–H and O–H groups in total. The Morgan fingerprint density at radius 2 is 1.75 bits per heavy atom. The van der Waals surface area contributed by atoms with Crippen LogP contribution < -0.4 is 4.90 Å². The van der Waals surface area contributed by atoms with Crippen LogP contribution in [0.5, 0.6) is 0 Å². The Balaban J connectivity index is 1.78. The minimum absolute atomic E-state index is 0.0437. The van der Waals surface area contributed by atoms with Gasteiger partial charge < -0.3 is 9.80 Å². The molecule has 0 saturated carbocycles. The number of carbonyl (C=O) groups excluding carboxylic acids is 1. The molecule has 28 heavy (non-hydrogen) atoms. The van der Waals surface area contributed by atoms with Gasteiger partial charge in [0.2, 0.25) is 0 Å². The predicted molar refractivity (Wildman–Crippen MR) is 103 cm³/mol. The van der Waals surface area contributed by atoms with Gasteiger partial charge in [-0.25, -0.2) is 13.8 Å². The smallest absolute Gasteiger partial charge is 0.258 e. The maximum absolute atomic E-state index is 14.4. The molecule has 2 aliphatic heterocycles. The lowest BCUT2D eigenvalue weighted by Gasteiger charge is -2.26. The Bertz CT molecular complexity index is 1150. The largest absolute Gasteiger partial charge is 0.321 e. The van der Waals surface area contributed by atoms with Gasteiger partial charge in [0.25, 0.3) is 5.91 Å². The van der Waals surface area contributed by atoms with E-state index >= 15 is 0 Å². The minimum atomic E-state index is -0.615. The van der Waals surface area contributed by atoms with Gasteiger partial charge in [-0.05, 0) is 42.5 Å². The van der Waals surface area contributed by atoms with Gasteiger partial charge in [0.15, 0.2) is 0 Å². The quantitative estimate of drug-likeness (QED) is 0.657. The van der Waals surface area contributed by atoms with Gasteiger partial charge >= 0.3 is 0 Å². The van der Waals surface area contributed by atoms with E-state index in [9.17, 15) is 13.6 Å². The lowest BCUT2D eigenvalue weighted by atomic mass is 10.0. The van der Waals surface area contributed by atoms with E-state index in [1.165, 1.54) is 18.2 Å². The van der Waals surface area contributed by atoms with Crippen LogP contribution in [0.15, 0.2) is 54.7 Å². The molecule has 2 aromatic carbocycles. The van der Waals surface area contributed by atoms with Crippen molar-refractivity contribution in [2.75, 3.05) is 11.9 Å². The van der Waals surface area contributed by atoms with Gasteiger partial charge in [-0.1, -0.05) is 12.1 Å².